The number of aromatic nitrogens is 1. The molecule has 1 aliphatic rings. The van der Waals surface area contributed by atoms with Crippen LogP contribution in [0.15, 0.2) is 41.2 Å². The third-order valence-electron chi connectivity index (χ3n) is 7.86. The summed E-state index contributed by atoms with van der Waals surface area (Å²) in [6, 6.07) is 2.98. The zero-order chi connectivity index (χ0) is 34.3. The van der Waals surface area contributed by atoms with E-state index in [0.29, 0.717) is 0 Å². The van der Waals surface area contributed by atoms with E-state index in [9.17, 15) is 45.8 Å². The molecule has 1 amide bonds. The predicted molar refractivity (Wildman–Crippen MR) is 152 cm³/mol. The molecule has 0 bridgehead atoms. The maximum atomic E-state index is 15.2. The molecule has 0 radical (unpaired) electrons. The van der Waals surface area contributed by atoms with Gasteiger partial charge in [-0.05, 0) is 60.7 Å². The number of carboxylic acid groups (broad SMARTS) is 1. The fourth-order valence-electron chi connectivity index (χ4n) is 5.51. The fraction of sp³-hybridized carbons (Fsp3) is 0.387. The van der Waals surface area contributed by atoms with Gasteiger partial charge in [-0.1, -0.05) is 24.3 Å². The number of benzene rings is 2. The van der Waals surface area contributed by atoms with Crippen LogP contribution in [0.5, 0.6) is 0 Å². The number of hydrogen-bond donors (Lipinski definition) is 3. The summed E-state index contributed by atoms with van der Waals surface area (Å²) in [5.41, 5.74) is -2.78. The second-order valence-electron chi connectivity index (χ2n) is 11.1. The normalized spacial score (nSPS) is 17.9. The molecule has 2 aromatic carbocycles. The van der Waals surface area contributed by atoms with E-state index >= 15 is 4.39 Å². The van der Waals surface area contributed by atoms with E-state index in [0.717, 1.165) is 22.8 Å². The van der Waals surface area contributed by atoms with Crippen LogP contribution in [-0.4, -0.2) is 53.0 Å². The van der Waals surface area contributed by atoms with Crippen molar-refractivity contribution in [3.05, 3.63) is 91.6 Å². The molecule has 2 heterocycles. The third-order valence-corrected chi connectivity index (χ3v) is 7.86. The van der Waals surface area contributed by atoms with Crippen molar-refractivity contribution >= 4 is 11.9 Å². The molecule has 248 valence electrons. The summed E-state index contributed by atoms with van der Waals surface area (Å²) in [5.74, 6) is -3.84. The van der Waals surface area contributed by atoms with Crippen LogP contribution < -0.4 is 16.2 Å². The Morgan fingerprint density at radius 1 is 1.07 bits per heavy atom. The number of morpholine rings is 1. The van der Waals surface area contributed by atoms with E-state index in [2.05, 4.69) is 10.6 Å². The lowest BCUT2D eigenvalue weighted by Gasteiger charge is -2.34. The van der Waals surface area contributed by atoms with Crippen LogP contribution in [0.4, 0.5) is 30.7 Å². The van der Waals surface area contributed by atoms with Crippen molar-refractivity contribution in [2.75, 3.05) is 13.2 Å². The quantitative estimate of drug-likeness (QED) is 0.304. The van der Waals surface area contributed by atoms with Gasteiger partial charge in [-0.25, -0.2) is 9.18 Å². The van der Waals surface area contributed by atoms with E-state index in [1.165, 1.54) is 46.0 Å². The second-order valence-corrected chi connectivity index (χ2v) is 11.1. The Hall–Kier alpha value is -4.24. The molecule has 3 N–H and O–H groups in total. The molecule has 3 unspecified atom stereocenters. The van der Waals surface area contributed by atoms with Gasteiger partial charge in [0.05, 0.1) is 23.3 Å². The molecule has 0 spiro atoms. The molecule has 0 aliphatic carbocycles. The zero-order valence-corrected chi connectivity index (χ0v) is 25.0. The number of alkyl halides is 6. The number of carbonyl (C=O) groups excluding carboxylic acids is 1. The van der Waals surface area contributed by atoms with Gasteiger partial charge >= 0.3 is 18.3 Å². The molecule has 1 aliphatic heterocycles. The average molecular weight is 658 g/mol. The highest BCUT2D eigenvalue weighted by Crippen LogP contribution is 2.38. The summed E-state index contributed by atoms with van der Waals surface area (Å²) in [6.07, 6.45) is -11.5. The summed E-state index contributed by atoms with van der Waals surface area (Å²) >= 11 is 0. The maximum absolute atomic E-state index is 15.2. The Labute approximate surface area is 258 Å². The van der Waals surface area contributed by atoms with Gasteiger partial charge in [0.2, 0.25) is 0 Å². The minimum absolute atomic E-state index is 0.0183. The van der Waals surface area contributed by atoms with E-state index in [-0.39, 0.29) is 53.1 Å². The number of hydrogen-bond acceptors (Lipinski definition) is 5. The van der Waals surface area contributed by atoms with E-state index in [1.807, 2.05) is 0 Å². The summed E-state index contributed by atoms with van der Waals surface area (Å²) < 4.78 is 104. The number of aryl methyl sites for hydroxylation is 3. The van der Waals surface area contributed by atoms with Crippen molar-refractivity contribution in [2.24, 2.45) is 7.05 Å². The summed E-state index contributed by atoms with van der Waals surface area (Å²) in [5, 5.41) is 14.3. The Bertz CT molecular complexity index is 1710. The van der Waals surface area contributed by atoms with Crippen molar-refractivity contribution in [1.82, 2.24) is 15.2 Å². The van der Waals surface area contributed by atoms with Crippen LogP contribution in [0.25, 0.3) is 11.1 Å². The van der Waals surface area contributed by atoms with Gasteiger partial charge in [0, 0.05) is 25.7 Å². The first-order valence-corrected chi connectivity index (χ1v) is 13.9. The van der Waals surface area contributed by atoms with Crippen molar-refractivity contribution in [2.45, 2.75) is 57.7 Å². The summed E-state index contributed by atoms with van der Waals surface area (Å²) in [7, 11) is 1.34. The first-order chi connectivity index (χ1) is 21.3. The molecule has 46 heavy (non-hydrogen) atoms. The number of rotatable bonds is 7. The molecule has 1 fully saturated rings. The van der Waals surface area contributed by atoms with Crippen molar-refractivity contribution < 1.29 is 50.2 Å². The second kappa shape index (κ2) is 12.9. The van der Waals surface area contributed by atoms with Crippen LogP contribution in [0.2, 0.25) is 0 Å². The molecule has 3 aromatic rings. The first kappa shape index (κ1) is 34.6. The SMILES string of the molecule is Cc1cc(CC(NC(=O)c2c(C)cc(C3OCCNC3C(F)(F)F)cc2F)C(=O)O)ccc1-c1c(C(F)(F)F)cc(C)n(C)c1=O. The number of amides is 1. The summed E-state index contributed by atoms with van der Waals surface area (Å²) in [4.78, 5) is 38.0. The highest BCUT2D eigenvalue weighted by Gasteiger charge is 2.47. The summed E-state index contributed by atoms with van der Waals surface area (Å²) in [6.45, 7) is 3.96. The number of aliphatic carboxylic acids is 1. The topological polar surface area (TPSA) is 110 Å². The minimum atomic E-state index is -4.83. The molecule has 4 rings (SSSR count). The fourth-order valence-corrected chi connectivity index (χ4v) is 5.51. The van der Waals surface area contributed by atoms with Gasteiger partial charge in [-0.15, -0.1) is 0 Å². The van der Waals surface area contributed by atoms with Gasteiger partial charge in [-0.3, -0.25) is 9.59 Å². The standard InChI is InChI=1S/C31H30F7N3O5/c1-14-9-17(5-6-19(14)24-20(30(33,34)35)11-16(3)41(4)28(24)43)12-22(29(44)45)40-27(42)23-15(2)10-18(13-21(23)32)25-26(31(36,37)38)39-7-8-46-25/h5-6,9-11,13,22,25-26,39H,7-8,12H2,1-4H3,(H,40,42)(H,44,45). The highest BCUT2D eigenvalue weighted by atomic mass is 19.4. The molecular weight excluding hydrogens is 627 g/mol. The number of nitrogens with one attached hydrogen (secondary N) is 2. The van der Waals surface area contributed by atoms with Gasteiger partial charge in [0.1, 0.15) is 24.0 Å². The molecule has 0 saturated carbocycles. The van der Waals surface area contributed by atoms with Crippen LogP contribution in [-0.2, 0) is 29.2 Å². The molecule has 8 nitrogen and oxygen atoms in total. The molecule has 3 atom stereocenters. The molecule has 15 heteroatoms. The number of nitrogens with zero attached hydrogens (tertiary/aromatic N) is 1. The van der Waals surface area contributed by atoms with E-state index in [4.69, 9.17) is 4.74 Å². The lowest BCUT2D eigenvalue weighted by molar-refractivity contribution is -0.197. The smallest absolute Gasteiger partial charge is 0.417 e. The van der Waals surface area contributed by atoms with Crippen LogP contribution in [0.3, 0.4) is 0 Å². The lowest BCUT2D eigenvalue weighted by atomic mass is 9.93. The number of halogens is 7. The predicted octanol–water partition coefficient (Wildman–Crippen LogP) is 5.15. The van der Waals surface area contributed by atoms with Gasteiger partial charge in [-0.2, -0.15) is 26.3 Å². The number of ether oxygens (including phenoxy) is 1. The highest BCUT2D eigenvalue weighted by molar-refractivity contribution is 5.98. The lowest BCUT2D eigenvalue weighted by Crippen LogP contribution is -2.52. The van der Waals surface area contributed by atoms with E-state index in [1.54, 1.807) is 0 Å². The third kappa shape index (κ3) is 7.09. The molecule has 1 saturated heterocycles. The number of carbonyl (C=O) groups is 2. The first-order valence-electron chi connectivity index (χ1n) is 13.9. The van der Waals surface area contributed by atoms with Crippen LogP contribution >= 0.6 is 0 Å². The number of pyridine rings is 1. The molecule has 1 aromatic heterocycles. The number of carboxylic acids is 1. The van der Waals surface area contributed by atoms with Crippen molar-refractivity contribution in [3.63, 3.8) is 0 Å². The Kier molecular flexibility index (Phi) is 9.69. The average Bonchev–Trinajstić information content (AvgIpc) is 2.94. The minimum Gasteiger partial charge on any atom is -0.480 e. The molecular formula is C31H30F7N3O5. The Morgan fingerprint density at radius 2 is 1.74 bits per heavy atom. The van der Waals surface area contributed by atoms with Gasteiger partial charge in [0.25, 0.3) is 11.5 Å². The van der Waals surface area contributed by atoms with E-state index < -0.39 is 70.5 Å². The zero-order valence-electron chi connectivity index (χ0n) is 25.0. The largest absolute Gasteiger partial charge is 0.480 e. The maximum Gasteiger partial charge on any atom is 0.417 e. The van der Waals surface area contributed by atoms with Gasteiger partial charge in [0.15, 0.2) is 0 Å². The Morgan fingerprint density at radius 3 is 2.30 bits per heavy atom. The van der Waals surface area contributed by atoms with Gasteiger partial charge < -0.3 is 25.0 Å². The van der Waals surface area contributed by atoms with Crippen LogP contribution in [0, 0.1) is 26.6 Å². The van der Waals surface area contributed by atoms with Crippen LogP contribution in [0.1, 0.15) is 50.0 Å². The monoisotopic (exact) mass is 657 g/mol. The Balaban J connectivity index is 1.60. The van der Waals surface area contributed by atoms with Crippen molar-refractivity contribution in [3.8, 4) is 11.1 Å². The van der Waals surface area contributed by atoms with Crippen molar-refractivity contribution in [1.29, 1.82) is 0 Å².